The number of nitrogens with two attached hydrogens (primary N) is 1. The van der Waals surface area contributed by atoms with Crippen molar-refractivity contribution < 1.29 is 23.1 Å². The molecule has 0 saturated carbocycles. The molecule has 0 spiro atoms. The number of amides is 1. The Labute approximate surface area is 199 Å². The van der Waals surface area contributed by atoms with Crippen molar-refractivity contribution in [1.82, 2.24) is 9.88 Å². The molecule has 3 heterocycles. The molecule has 174 valence electrons. The van der Waals surface area contributed by atoms with Crippen molar-refractivity contribution in [3.8, 4) is 5.75 Å². The van der Waals surface area contributed by atoms with Crippen LogP contribution in [0.25, 0.3) is 16.5 Å². The molecular weight excluding hydrogens is 472 g/mol. The predicted molar refractivity (Wildman–Crippen MR) is 125 cm³/mol. The molecule has 1 aromatic carbocycles. The summed E-state index contributed by atoms with van der Waals surface area (Å²) in [5.41, 5.74) is 8.63. The van der Waals surface area contributed by atoms with Crippen molar-refractivity contribution in [3.05, 3.63) is 57.7 Å². The molecule has 10 heteroatoms. The minimum Gasteiger partial charge on any atom is -0.478 e. The van der Waals surface area contributed by atoms with E-state index in [1.165, 1.54) is 12.1 Å². The van der Waals surface area contributed by atoms with Crippen LogP contribution in [0, 0.1) is 5.82 Å². The Bertz CT molecular complexity index is 1240. The number of aromatic nitrogens is 1. The zero-order valence-electron chi connectivity index (χ0n) is 18.0. The number of ether oxygens (including phenoxy) is 2. The monoisotopic (exact) mass is 493 g/mol. The van der Waals surface area contributed by atoms with E-state index in [0.717, 1.165) is 11.1 Å². The molecule has 4 rings (SSSR count). The molecule has 1 amide bonds. The summed E-state index contributed by atoms with van der Waals surface area (Å²) in [5.74, 6) is -0.269. The molecule has 1 aliphatic heterocycles. The number of hydrogen-bond acceptors (Lipinski definition) is 6. The minimum atomic E-state index is -0.726. The first-order valence-corrected chi connectivity index (χ1v) is 11.1. The van der Waals surface area contributed by atoms with Gasteiger partial charge in [-0.1, -0.05) is 29.3 Å². The normalized spacial score (nSPS) is 14.8. The van der Waals surface area contributed by atoms with E-state index < -0.39 is 11.9 Å². The van der Waals surface area contributed by atoms with Crippen LogP contribution in [0.4, 0.5) is 15.0 Å². The number of halogens is 3. The summed E-state index contributed by atoms with van der Waals surface area (Å²) < 4.78 is 30.9. The van der Waals surface area contributed by atoms with E-state index in [1.54, 1.807) is 31.2 Å². The highest BCUT2D eigenvalue weighted by atomic mass is 35.5. The van der Waals surface area contributed by atoms with Crippen molar-refractivity contribution in [2.75, 3.05) is 25.4 Å². The fraction of sp³-hybridized carbons (Fsp3) is 0.304. The average molecular weight is 494 g/mol. The lowest BCUT2D eigenvalue weighted by molar-refractivity contribution is 0.111. The second kappa shape index (κ2) is 9.49. The molecule has 33 heavy (non-hydrogen) atoms. The van der Waals surface area contributed by atoms with E-state index in [1.807, 2.05) is 6.08 Å². The molecule has 0 bridgehead atoms. The quantitative estimate of drug-likeness (QED) is 0.422. The van der Waals surface area contributed by atoms with Gasteiger partial charge in [0.05, 0.1) is 23.3 Å². The fourth-order valence-corrected chi connectivity index (χ4v) is 4.47. The second-order valence-corrected chi connectivity index (χ2v) is 8.29. The largest absolute Gasteiger partial charge is 0.478 e. The average Bonchev–Trinajstić information content (AvgIpc) is 3.23. The number of fused-ring (bicyclic) bond motifs is 1. The van der Waals surface area contributed by atoms with Crippen LogP contribution in [0.1, 0.15) is 37.5 Å². The molecular formula is C23H22Cl2FN3O4. The summed E-state index contributed by atoms with van der Waals surface area (Å²) in [4.78, 5) is 17.8. The van der Waals surface area contributed by atoms with E-state index in [2.05, 4.69) is 4.98 Å². The molecule has 2 aromatic heterocycles. The molecule has 0 radical (unpaired) electrons. The molecule has 0 saturated heterocycles. The Balaban J connectivity index is 1.64. The SMILES string of the molecule is CCOC(=O)N1CC=C(c2coc3c(O[C@H](C)c4c(Cl)ccc(F)c4Cl)c(N)ncc23)CC1. The van der Waals surface area contributed by atoms with Gasteiger partial charge in [-0.3, -0.25) is 0 Å². The van der Waals surface area contributed by atoms with Crippen LogP contribution in [-0.2, 0) is 4.74 Å². The van der Waals surface area contributed by atoms with Crippen LogP contribution in [-0.4, -0.2) is 35.7 Å². The Morgan fingerprint density at radius 2 is 2.18 bits per heavy atom. The van der Waals surface area contributed by atoms with Crippen LogP contribution >= 0.6 is 23.2 Å². The van der Waals surface area contributed by atoms with E-state index in [4.69, 9.17) is 42.8 Å². The zero-order chi connectivity index (χ0) is 23.7. The topological polar surface area (TPSA) is 90.8 Å². The van der Waals surface area contributed by atoms with Gasteiger partial charge in [-0.15, -0.1) is 0 Å². The van der Waals surface area contributed by atoms with Gasteiger partial charge in [0.1, 0.15) is 11.9 Å². The lowest BCUT2D eigenvalue weighted by Crippen LogP contribution is -2.35. The van der Waals surface area contributed by atoms with Crippen molar-refractivity contribution in [3.63, 3.8) is 0 Å². The van der Waals surface area contributed by atoms with E-state index in [-0.39, 0.29) is 27.7 Å². The third-order valence-corrected chi connectivity index (χ3v) is 6.18. The van der Waals surface area contributed by atoms with Crippen molar-refractivity contribution in [1.29, 1.82) is 0 Å². The van der Waals surface area contributed by atoms with Crippen molar-refractivity contribution >= 4 is 51.7 Å². The van der Waals surface area contributed by atoms with Crippen LogP contribution in [0.15, 0.2) is 35.1 Å². The number of carbonyl (C=O) groups is 1. The molecule has 0 fully saturated rings. The zero-order valence-corrected chi connectivity index (χ0v) is 19.5. The molecule has 0 unspecified atom stereocenters. The standard InChI is InChI=1S/C23H22Cl2FN3O4/c1-3-31-23(30)29-8-6-13(7-9-29)15-11-32-20-14(15)10-28-22(27)21(20)33-12(2)18-16(24)4-5-17(26)19(18)25/h4-6,10-12H,3,7-9H2,1-2H3,(H2,27,28)/t12-/m1/s1. The van der Waals surface area contributed by atoms with Crippen LogP contribution in [0.5, 0.6) is 5.75 Å². The number of pyridine rings is 1. The highest BCUT2D eigenvalue weighted by Crippen LogP contribution is 2.41. The van der Waals surface area contributed by atoms with E-state index in [9.17, 15) is 9.18 Å². The number of anilines is 1. The maximum Gasteiger partial charge on any atom is 0.410 e. The van der Waals surface area contributed by atoms with Gasteiger partial charge >= 0.3 is 6.09 Å². The van der Waals surface area contributed by atoms with Gasteiger partial charge in [-0.2, -0.15) is 0 Å². The number of carbonyl (C=O) groups excluding carboxylic acids is 1. The maximum atomic E-state index is 14.0. The third-order valence-electron chi connectivity index (χ3n) is 5.46. The second-order valence-electron chi connectivity index (χ2n) is 7.51. The predicted octanol–water partition coefficient (Wildman–Crippen LogP) is 6.24. The Morgan fingerprint density at radius 1 is 1.39 bits per heavy atom. The summed E-state index contributed by atoms with van der Waals surface area (Å²) in [6.45, 7) is 4.74. The molecule has 0 aliphatic carbocycles. The first-order valence-electron chi connectivity index (χ1n) is 10.4. The van der Waals surface area contributed by atoms with Crippen molar-refractivity contribution in [2.24, 2.45) is 0 Å². The molecule has 2 N–H and O–H groups in total. The van der Waals surface area contributed by atoms with Crippen LogP contribution in [0.2, 0.25) is 10.0 Å². The van der Waals surface area contributed by atoms with Crippen LogP contribution < -0.4 is 10.5 Å². The van der Waals surface area contributed by atoms with Gasteiger partial charge in [0.25, 0.3) is 0 Å². The summed E-state index contributed by atoms with van der Waals surface area (Å²) in [7, 11) is 0. The number of nitrogens with zero attached hydrogens (tertiary/aromatic N) is 2. The number of hydrogen-bond donors (Lipinski definition) is 1. The van der Waals surface area contributed by atoms with E-state index >= 15 is 0 Å². The highest BCUT2D eigenvalue weighted by molar-refractivity contribution is 6.36. The summed E-state index contributed by atoms with van der Waals surface area (Å²) in [5, 5.41) is 0.859. The van der Waals surface area contributed by atoms with Gasteiger partial charge in [-0.25, -0.2) is 14.2 Å². The molecule has 7 nitrogen and oxygen atoms in total. The fourth-order valence-electron chi connectivity index (χ4n) is 3.79. The summed E-state index contributed by atoms with van der Waals surface area (Å²) in [6.07, 6.45) is 4.74. The summed E-state index contributed by atoms with van der Waals surface area (Å²) >= 11 is 12.4. The van der Waals surface area contributed by atoms with Gasteiger partial charge in [0, 0.05) is 35.4 Å². The van der Waals surface area contributed by atoms with Gasteiger partial charge in [0.15, 0.2) is 11.4 Å². The number of rotatable bonds is 5. The first kappa shape index (κ1) is 23.2. The minimum absolute atomic E-state index is 0.116. The Morgan fingerprint density at radius 3 is 2.88 bits per heavy atom. The van der Waals surface area contributed by atoms with Gasteiger partial charge in [-0.05, 0) is 38.0 Å². The number of nitrogen functional groups attached to an aromatic ring is 1. The van der Waals surface area contributed by atoms with Crippen LogP contribution in [0.3, 0.4) is 0 Å². The van der Waals surface area contributed by atoms with Gasteiger partial charge in [0.2, 0.25) is 5.75 Å². The molecule has 3 aromatic rings. The third kappa shape index (κ3) is 4.45. The highest BCUT2D eigenvalue weighted by Gasteiger charge is 2.25. The summed E-state index contributed by atoms with van der Waals surface area (Å²) in [6, 6.07) is 2.61. The molecule has 1 aliphatic rings. The smallest absolute Gasteiger partial charge is 0.410 e. The Kier molecular flexibility index (Phi) is 6.67. The van der Waals surface area contributed by atoms with Crippen molar-refractivity contribution in [2.45, 2.75) is 26.4 Å². The van der Waals surface area contributed by atoms with E-state index in [0.29, 0.717) is 42.6 Å². The van der Waals surface area contributed by atoms with Gasteiger partial charge < -0.3 is 24.5 Å². The number of furan rings is 1. The lowest BCUT2D eigenvalue weighted by Gasteiger charge is -2.25. The first-order chi connectivity index (χ1) is 15.8. The number of benzene rings is 1. The maximum absolute atomic E-state index is 14.0. The molecule has 1 atom stereocenters. The lowest BCUT2D eigenvalue weighted by atomic mass is 9.99. The Hall–Kier alpha value is -2.97.